The van der Waals surface area contributed by atoms with Gasteiger partial charge in [0.1, 0.15) is 11.6 Å². The number of piperidine rings is 1. The van der Waals surface area contributed by atoms with Crippen molar-refractivity contribution in [2.24, 2.45) is 5.92 Å². The molecule has 0 unspecified atom stereocenters. The minimum Gasteiger partial charge on any atom is -0.449 e. The highest BCUT2D eigenvalue weighted by atomic mass is 19.1. The fourth-order valence-electron chi connectivity index (χ4n) is 3.47. The summed E-state index contributed by atoms with van der Waals surface area (Å²) < 4.78 is 32.3. The van der Waals surface area contributed by atoms with Gasteiger partial charge in [-0.3, -0.25) is 4.90 Å². The van der Waals surface area contributed by atoms with E-state index in [-0.39, 0.29) is 18.1 Å². The Balaban J connectivity index is 1.72. The van der Waals surface area contributed by atoms with Crippen molar-refractivity contribution in [1.29, 1.82) is 0 Å². The maximum atomic E-state index is 13.9. The molecule has 0 saturated carbocycles. The molecule has 0 radical (unpaired) electrons. The number of hydrogen-bond donors (Lipinski definition) is 1. The zero-order chi connectivity index (χ0) is 22.4. The van der Waals surface area contributed by atoms with E-state index in [1.807, 2.05) is 13.8 Å². The average Bonchev–Trinajstić information content (AvgIpc) is 2.74. The lowest BCUT2D eigenvalue weighted by atomic mass is 10.0. The molecule has 0 aliphatic carbocycles. The summed E-state index contributed by atoms with van der Waals surface area (Å²) in [4.78, 5) is 28.5. The van der Waals surface area contributed by atoms with E-state index in [1.165, 1.54) is 41.3 Å². The van der Waals surface area contributed by atoms with Crippen LogP contribution in [-0.4, -0.2) is 42.8 Å². The van der Waals surface area contributed by atoms with Gasteiger partial charge in [0.05, 0.1) is 6.61 Å². The van der Waals surface area contributed by atoms with Crippen LogP contribution in [0.5, 0.6) is 0 Å². The van der Waals surface area contributed by atoms with Gasteiger partial charge in [0.25, 0.3) is 0 Å². The number of anilines is 2. The molecule has 0 bridgehead atoms. The third-order valence-electron chi connectivity index (χ3n) is 5.03. The fourth-order valence-corrected chi connectivity index (χ4v) is 3.47. The third-order valence-corrected chi connectivity index (χ3v) is 5.03. The Kier molecular flexibility index (Phi) is 7.44. The fraction of sp³-hybridized carbons (Fsp3) is 0.391. The van der Waals surface area contributed by atoms with E-state index in [0.717, 1.165) is 0 Å². The first kappa shape index (κ1) is 22.5. The van der Waals surface area contributed by atoms with Gasteiger partial charge < -0.3 is 15.0 Å². The largest absolute Gasteiger partial charge is 0.449 e. The summed E-state index contributed by atoms with van der Waals surface area (Å²) in [7, 11) is 0. The maximum Gasteiger partial charge on any atom is 0.409 e. The van der Waals surface area contributed by atoms with Gasteiger partial charge in [-0.15, -0.1) is 0 Å². The predicted molar refractivity (Wildman–Crippen MR) is 115 cm³/mol. The van der Waals surface area contributed by atoms with Crippen molar-refractivity contribution < 1.29 is 23.1 Å². The van der Waals surface area contributed by atoms with Crippen molar-refractivity contribution in [3.8, 4) is 0 Å². The molecular weight excluding hydrogens is 404 g/mol. The molecule has 0 atom stereocenters. The number of amides is 3. The van der Waals surface area contributed by atoms with E-state index in [1.54, 1.807) is 17.0 Å². The molecule has 1 saturated heterocycles. The standard InChI is InChI=1S/C23H27F2N3O3/c1-16(2)15-31-23(30)27-12-10-20(11-13-27)28(21-5-3-4-18(25)14-21)22(29)26-19-8-6-17(24)7-9-19/h3-9,14,16,20H,10-13,15H2,1-2H3,(H,26,29). The Bertz CT molecular complexity index is 897. The van der Waals surface area contributed by atoms with Crippen LogP contribution in [0.4, 0.5) is 29.7 Å². The summed E-state index contributed by atoms with van der Waals surface area (Å²) in [6, 6.07) is 10.6. The smallest absolute Gasteiger partial charge is 0.409 e. The minimum atomic E-state index is -0.452. The van der Waals surface area contributed by atoms with Crippen LogP contribution in [0.15, 0.2) is 48.5 Å². The van der Waals surface area contributed by atoms with Gasteiger partial charge in [-0.25, -0.2) is 18.4 Å². The topological polar surface area (TPSA) is 61.9 Å². The molecule has 166 valence electrons. The molecule has 2 aromatic carbocycles. The van der Waals surface area contributed by atoms with E-state index < -0.39 is 17.7 Å². The molecule has 1 N–H and O–H groups in total. The first-order valence-electron chi connectivity index (χ1n) is 10.4. The summed E-state index contributed by atoms with van der Waals surface area (Å²) in [5.41, 5.74) is 0.850. The Hall–Kier alpha value is -3.16. The predicted octanol–water partition coefficient (Wildman–Crippen LogP) is 5.26. The molecule has 2 aromatic rings. The van der Waals surface area contributed by atoms with Crippen LogP contribution in [0.2, 0.25) is 0 Å². The van der Waals surface area contributed by atoms with Crippen LogP contribution in [0, 0.1) is 17.6 Å². The minimum absolute atomic E-state index is 0.239. The Labute approximate surface area is 180 Å². The molecule has 1 aliphatic rings. The maximum absolute atomic E-state index is 13.9. The number of rotatable bonds is 5. The monoisotopic (exact) mass is 431 g/mol. The first-order chi connectivity index (χ1) is 14.8. The normalized spacial score (nSPS) is 14.4. The van der Waals surface area contributed by atoms with Crippen molar-refractivity contribution >= 4 is 23.5 Å². The molecule has 3 rings (SSSR count). The van der Waals surface area contributed by atoms with Crippen LogP contribution in [0.3, 0.4) is 0 Å². The zero-order valence-electron chi connectivity index (χ0n) is 17.7. The summed E-state index contributed by atoms with van der Waals surface area (Å²) in [5.74, 6) is -0.608. The Morgan fingerprint density at radius 1 is 1.10 bits per heavy atom. The van der Waals surface area contributed by atoms with Crippen molar-refractivity contribution in [1.82, 2.24) is 4.90 Å². The van der Waals surface area contributed by atoms with E-state index in [0.29, 0.717) is 43.9 Å². The number of likely N-dealkylation sites (tertiary alicyclic amines) is 1. The van der Waals surface area contributed by atoms with E-state index in [4.69, 9.17) is 4.74 Å². The molecule has 6 nitrogen and oxygen atoms in total. The van der Waals surface area contributed by atoms with E-state index in [9.17, 15) is 18.4 Å². The van der Waals surface area contributed by atoms with E-state index in [2.05, 4.69) is 5.32 Å². The van der Waals surface area contributed by atoms with Gasteiger partial charge in [0, 0.05) is 30.5 Å². The molecule has 1 heterocycles. The van der Waals surface area contributed by atoms with Gasteiger partial charge >= 0.3 is 12.1 Å². The summed E-state index contributed by atoms with van der Waals surface area (Å²) >= 11 is 0. The molecular formula is C23H27F2N3O3. The Morgan fingerprint density at radius 2 is 1.77 bits per heavy atom. The third kappa shape index (κ3) is 6.16. The SMILES string of the molecule is CC(C)COC(=O)N1CCC(N(C(=O)Nc2ccc(F)cc2)c2cccc(F)c2)CC1. The summed E-state index contributed by atoms with van der Waals surface area (Å²) in [6.45, 7) is 5.15. The second-order valence-corrected chi connectivity index (χ2v) is 7.98. The van der Waals surface area contributed by atoms with Crippen molar-refractivity contribution in [2.75, 3.05) is 29.9 Å². The second kappa shape index (κ2) is 10.2. The van der Waals surface area contributed by atoms with Gasteiger partial charge in [-0.05, 0) is 61.2 Å². The van der Waals surface area contributed by atoms with Crippen LogP contribution in [0.1, 0.15) is 26.7 Å². The lowest BCUT2D eigenvalue weighted by Gasteiger charge is -2.38. The Morgan fingerprint density at radius 3 is 2.39 bits per heavy atom. The number of halogens is 2. The number of ether oxygens (including phenoxy) is 1. The number of nitrogens with one attached hydrogen (secondary N) is 1. The highest BCUT2D eigenvalue weighted by Gasteiger charge is 2.31. The van der Waals surface area contributed by atoms with Crippen molar-refractivity contribution in [3.05, 3.63) is 60.2 Å². The van der Waals surface area contributed by atoms with Gasteiger partial charge in [0.2, 0.25) is 0 Å². The van der Waals surface area contributed by atoms with Crippen LogP contribution >= 0.6 is 0 Å². The number of carbonyl (C=O) groups excluding carboxylic acids is 2. The number of benzene rings is 2. The quantitative estimate of drug-likeness (QED) is 0.702. The van der Waals surface area contributed by atoms with Crippen LogP contribution < -0.4 is 10.2 Å². The lowest BCUT2D eigenvalue weighted by molar-refractivity contribution is 0.0836. The highest BCUT2D eigenvalue weighted by Crippen LogP contribution is 2.26. The van der Waals surface area contributed by atoms with Gasteiger partial charge in [0.15, 0.2) is 0 Å². The molecule has 8 heteroatoms. The number of carbonyl (C=O) groups is 2. The number of urea groups is 1. The first-order valence-corrected chi connectivity index (χ1v) is 10.4. The molecule has 0 spiro atoms. The van der Waals surface area contributed by atoms with Crippen molar-refractivity contribution in [3.63, 3.8) is 0 Å². The second-order valence-electron chi connectivity index (χ2n) is 7.98. The average molecular weight is 431 g/mol. The highest BCUT2D eigenvalue weighted by molar-refractivity contribution is 6.02. The summed E-state index contributed by atoms with van der Waals surface area (Å²) in [6.07, 6.45) is 0.675. The van der Waals surface area contributed by atoms with Gasteiger partial charge in [-0.1, -0.05) is 19.9 Å². The summed E-state index contributed by atoms with van der Waals surface area (Å²) in [5, 5.41) is 2.74. The van der Waals surface area contributed by atoms with Gasteiger partial charge in [-0.2, -0.15) is 0 Å². The number of nitrogens with zero attached hydrogens (tertiary/aromatic N) is 2. The lowest BCUT2D eigenvalue weighted by Crippen LogP contribution is -2.50. The van der Waals surface area contributed by atoms with E-state index >= 15 is 0 Å². The molecule has 1 fully saturated rings. The molecule has 0 aromatic heterocycles. The van der Waals surface area contributed by atoms with Crippen molar-refractivity contribution in [2.45, 2.75) is 32.7 Å². The van der Waals surface area contributed by atoms with Crippen LogP contribution in [0.25, 0.3) is 0 Å². The number of hydrogen-bond acceptors (Lipinski definition) is 3. The molecule has 31 heavy (non-hydrogen) atoms. The van der Waals surface area contributed by atoms with Crippen LogP contribution in [-0.2, 0) is 4.74 Å². The zero-order valence-corrected chi connectivity index (χ0v) is 17.7. The molecule has 3 amide bonds. The molecule has 1 aliphatic heterocycles.